The normalized spacial score (nSPS) is 15.4. The second-order valence-electron chi connectivity index (χ2n) is 3.62. The van der Waals surface area contributed by atoms with Gasteiger partial charge in [0.25, 0.3) is 0 Å². The molecule has 2 nitrogen and oxygen atoms in total. The Hall–Kier alpha value is 0.200. The first kappa shape index (κ1) is 13.2. The molecule has 0 saturated carbocycles. The van der Waals surface area contributed by atoms with Crippen LogP contribution in [0.5, 0.6) is 0 Å². The van der Waals surface area contributed by atoms with E-state index in [2.05, 4.69) is 24.1 Å². The quantitative estimate of drug-likeness (QED) is 0.484. The van der Waals surface area contributed by atoms with Crippen LogP contribution in [-0.2, 0) is 4.79 Å². The van der Waals surface area contributed by atoms with Crippen molar-refractivity contribution in [3.63, 3.8) is 0 Å². The van der Waals surface area contributed by atoms with E-state index in [-0.39, 0.29) is 27.1 Å². The van der Waals surface area contributed by atoms with Gasteiger partial charge in [-0.2, -0.15) is 0 Å². The van der Waals surface area contributed by atoms with Gasteiger partial charge in [0.2, 0.25) is 0 Å². The van der Waals surface area contributed by atoms with Crippen LogP contribution in [0, 0.1) is 0 Å². The Morgan fingerprint density at radius 2 is 2.15 bits per heavy atom. The van der Waals surface area contributed by atoms with E-state index in [4.69, 9.17) is 0 Å². The molecular formula is C10H21INO-. The Morgan fingerprint density at radius 1 is 1.54 bits per heavy atom. The number of carbonyl (C=O) groups is 1. The van der Waals surface area contributed by atoms with E-state index in [0.717, 1.165) is 6.54 Å². The zero-order chi connectivity index (χ0) is 10.3. The van der Waals surface area contributed by atoms with Gasteiger partial charge in [0, 0.05) is 0 Å². The van der Waals surface area contributed by atoms with Crippen LogP contribution in [0.25, 0.3) is 0 Å². The number of nitrogens with one attached hydrogen (secondary N) is 1. The topological polar surface area (TPSA) is 29.1 Å². The van der Waals surface area contributed by atoms with E-state index in [0.29, 0.717) is 3.42 Å². The molecule has 0 rings (SSSR count). The number of hydrogen-bond donors (Lipinski definition) is 1. The fourth-order valence-electron chi connectivity index (χ4n) is 1.10. The van der Waals surface area contributed by atoms with Gasteiger partial charge < -0.3 is 0 Å². The SMILES string of the molecule is CCCC[C@](C)(CNC(C)=O)[I-]C. The molecule has 1 N–H and O–H groups in total. The fourth-order valence-corrected chi connectivity index (χ4v) is 2.60. The van der Waals surface area contributed by atoms with Crippen molar-refractivity contribution >= 4 is 5.91 Å². The van der Waals surface area contributed by atoms with Crippen molar-refractivity contribution in [2.75, 3.05) is 11.5 Å². The fraction of sp³-hybridized carbons (Fsp3) is 0.900. The Kier molecular flexibility index (Phi) is 6.73. The molecule has 0 radical (unpaired) electrons. The second-order valence-corrected chi connectivity index (χ2v) is 7.30. The van der Waals surface area contributed by atoms with Gasteiger partial charge in [-0.25, -0.2) is 0 Å². The Morgan fingerprint density at radius 3 is 2.54 bits per heavy atom. The zero-order valence-electron chi connectivity index (χ0n) is 9.11. The average Bonchev–Trinajstić information content (AvgIpc) is 2.11. The Bertz CT molecular complexity index is 161. The first-order valence-corrected chi connectivity index (χ1v) is 8.03. The molecule has 0 aliphatic carbocycles. The molecule has 0 bridgehead atoms. The predicted molar refractivity (Wildman–Crippen MR) is 52.5 cm³/mol. The van der Waals surface area contributed by atoms with Crippen molar-refractivity contribution in [1.82, 2.24) is 5.32 Å². The number of hydrogen-bond acceptors (Lipinski definition) is 1. The van der Waals surface area contributed by atoms with Gasteiger partial charge in [0.1, 0.15) is 0 Å². The molecule has 0 heterocycles. The number of carbonyl (C=O) groups excluding carboxylic acids is 1. The van der Waals surface area contributed by atoms with E-state index in [9.17, 15) is 4.79 Å². The van der Waals surface area contributed by atoms with E-state index < -0.39 is 0 Å². The third-order valence-corrected chi connectivity index (χ3v) is 5.74. The monoisotopic (exact) mass is 298 g/mol. The van der Waals surface area contributed by atoms with Crippen molar-refractivity contribution < 1.29 is 26.0 Å². The molecular weight excluding hydrogens is 277 g/mol. The Labute approximate surface area is 92.1 Å². The summed E-state index contributed by atoms with van der Waals surface area (Å²) in [5.41, 5.74) is 0. The molecule has 0 aromatic carbocycles. The summed E-state index contributed by atoms with van der Waals surface area (Å²) in [4.78, 5) is 13.1. The summed E-state index contributed by atoms with van der Waals surface area (Å²) >= 11 is 0.199. The van der Waals surface area contributed by atoms with Gasteiger partial charge in [-0.3, -0.25) is 0 Å². The van der Waals surface area contributed by atoms with Crippen LogP contribution < -0.4 is 26.5 Å². The average molecular weight is 298 g/mol. The first-order valence-electron chi connectivity index (χ1n) is 4.79. The van der Waals surface area contributed by atoms with Gasteiger partial charge in [0.15, 0.2) is 0 Å². The summed E-state index contributed by atoms with van der Waals surface area (Å²) in [5, 5.41) is 2.93. The van der Waals surface area contributed by atoms with E-state index in [1.54, 1.807) is 6.92 Å². The van der Waals surface area contributed by atoms with E-state index in [1.807, 2.05) is 0 Å². The summed E-state index contributed by atoms with van der Waals surface area (Å²) in [6.45, 7) is 6.97. The third kappa shape index (κ3) is 6.29. The van der Waals surface area contributed by atoms with Crippen molar-refractivity contribution in [2.24, 2.45) is 0 Å². The molecule has 0 aliphatic rings. The minimum atomic E-state index is 0.0974. The third-order valence-electron chi connectivity index (χ3n) is 2.21. The molecule has 13 heavy (non-hydrogen) atoms. The summed E-state index contributed by atoms with van der Waals surface area (Å²) in [6, 6.07) is 0. The molecule has 0 aromatic heterocycles. The first-order chi connectivity index (χ1) is 6.04. The van der Waals surface area contributed by atoms with Gasteiger partial charge in [-0.15, -0.1) is 0 Å². The molecule has 1 atom stereocenters. The van der Waals surface area contributed by atoms with Gasteiger partial charge in [-0.1, -0.05) is 0 Å². The van der Waals surface area contributed by atoms with Gasteiger partial charge >= 0.3 is 92.2 Å². The zero-order valence-corrected chi connectivity index (χ0v) is 11.3. The summed E-state index contributed by atoms with van der Waals surface area (Å²) in [7, 11) is 0. The number of unbranched alkanes of at least 4 members (excludes halogenated alkanes) is 1. The van der Waals surface area contributed by atoms with Crippen molar-refractivity contribution in [2.45, 2.75) is 43.5 Å². The molecule has 1 amide bonds. The standard InChI is InChI=1S/C10H21INO/c1-5-6-7-10(3,11-4)8-12-9(2)13/h5-8H2,1-4H3,(H,12,13)/q-1/t10-/m1/s1. The minimum absolute atomic E-state index is 0.0974. The number of amides is 1. The molecule has 80 valence electrons. The van der Waals surface area contributed by atoms with E-state index >= 15 is 0 Å². The molecule has 0 spiro atoms. The van der Waals surface area contributed by atoms with Crippen LogP contribution in [0.1, 0.15) is 40.0 Å². The predicted octanol–water partition coefficient (Wildman–Crippen LogP) is -1.21. The van der Waals surface area contributed by atoms with Crippen LogP contribution in [0.15, 0.2) is 0 Å². The summed E-state index contributed by atoms with van der Waals surface area (Å²) in [5.74, 6) is 0.0974. The summed E-state index contributed by atoms with van der Waals surface area (Å²) in [6.07, 6.45) is 3.79. The molecule has 0 unspecified atom stereocenters. The second kappa shape index (κ2) is 6.62. The maximum absolute atomic E-state index is 10.8. The van der Waals surface area contributed by atoms with Crippen LogP contribution in [0.2, 0.25) is 0 Å². The van der Waals surface area contributed by atoms with E-state index in [1.165, 1.54) is 19.3 Å². The molecule has 0 saturated heterocycles. The number of halogens is 1. The molecule has 3 heteroatoms. The molecule has 0 fully saturated rings. The maximum atomic E-state index is 10.8. The van der Waals surface area contributed by atoms with Gasteiger partial charge in [0.05, 0.1) is 0 Å². The molecule has 0 aliphatic heterocycles. The van der Waals surface area contributed by atoms with Crippen molar-refractivity contribution in [3.05, 3.63) is 0 Å². The van der Waals surface area contributed by atoms with Crippen LogP contribution in [0.4, 0.5) is 0 Å². The van der Waals surface area contributed by atoms with Crippen molar-refractivity contribution in [3.8, 4) is 0 Å². The van der Waals surface area contributed by atoms with Crippen LogP contribution in [0.3, 0.4) is 0 Å². The summed E-state index contributed by atoms with van der Waals surface area (Å²) < 4.78 is 0.403. The number of alkyl halides is 2. The van der Waals surface area contributed by atoms with Crippen LogP contribution >= 0.6 is 0 Å². The number of rotatable bonds is 6. The van der Waals surface area contributed by atoms with Crippen molar-refractivity contribution in [1.29, 1.82) is 0 Å². The van der Waals surface area contributed by atoms with Crippen LogP contribution in [-0.4, -0.2) is 20.8 Å². The Balaban J connectivity index is 3.87. The van der Waals surface area contributed by atoms with Gasteiger partial charge in [-0.05, 0) is 0 Å². The molecule has 0 aromatic rings.